The third-order valence-corrected chi connectivity index (χ3v) is 4.68. The van der Waals surface area contributed by atoms with Crippen molar-refractivity contribution in [2.24, 2.45) is 11.3 Å². The van der Waals surface area contributed by atoms with Crippen molar-refractivity contribution < 1.29 is 0 Å². The second kappa shape index (κ2) is 1.82. The fourth-order valence-corrected chi connectivity index (χ4v) is 3.74. The highest BCUT2D eigenvalue weighted by Gasteiger charge is 2.59. The van der Waals surface area contributed by atoms with Crippen LogP contribution in [0.1, 0.15) is 32.1 Å². The van der Waals surface area contributed by atoms with Crippen LogP contribution in [0, 0.1) is 11.3 Å². The Hall–Kier alpha value is -0.0400. The first kappa shape index (κ1) is 6.47. The lowest BCUT2D eigenvalue weighted by Gasteiger charge is -2.67. The molecule has 1 nitrogen and oxygen atoms in total. The molecule has 0 aromatic heterocycles. The third kappa shape index (κ3) is 0.581. The van der Waals surface area contributed by atoms with Crippen LogP contribution in [0.25, 0.3) is 0 Å². The van der Waals surface area contributed by atoms with E-state index in [1.807, 2.05) is 0 Å². The predicted octanol–water partition coefficient (Wildman–Crippen LogP) is 1.88. The van der Waals surface area contributed by atoms with Gasteiger partial charge in [-0.05, 0) is 57.0 Å². The monoisotopic (exact) mass is 151 g/mol. The third-order valence-electron chi connectivity index (χ3n) is 4.68. The SMILES string of the molecule is CN1CCC2CCC23CCC13. The summed E-state index contributed by atoms with van der Waals surface area (Å²) in [6, 6.07) is 0.995. The summed E-state index contributed by atoms with van der Waals surface area (Å²) in [6.45, 7) is 1.37. The van der Waals surface area contributed by atoms with Crippen LogP contribution in [0.4, 0.5) is 0 Å². The molecule has 1 saturated heterocycles. The molecular formula is C10H17N. The summed E-state index contributed by atoms with van der Waals surface area (Å²) in [6.07, 6.45) is 7.63. The van der Waals surface area contributed by atoms with Crippen LogP contribution in [-0.2, 0) is 0 Å². The largest absolute Gasteiger partial charge is 0.303 e. The minimum absolute atomic E-state index is 0.854. The van der Waals surface area contributed by atoms with E-state index in [4.69, 9.17) is 0 Å². The molecule has 3 unspecified atom stereocenters. The Morgan fingerprint density at radius 1 is 1.18 bits per heavy atom. The fraction of sp³-hybridized carbons (Fsp3) is 1.00. The van der Waals surface area contributed by atoms with E-state index in [2.05, 4.69) is 11.9 Å². The molecule has 0 N–H and O–H groups in total. The van der Waals surface area contributed by atoms with E-state index < -0.39 is 0 Å². The van der Waals surface area contributed by atoms with Gasteiger partial charge in [-0.2, -0.15) is 0 Å². The molecule has 3 fully saturated rings. The van der Waals surface area contributed by atoms with Gasteiger partial charge < -0.3 is 4.90 Å². The molecule has 1 spiro atoms. The van der Waals surface area contributed by atoms with Crippen molar-refractivity contribution in [2.75, 3.05) is 13.6 Å². The summed E-state index contributed by atoms with van der Waals surface area (Å²) < 4.78 is 0. The van der Waals surface area contributed by atoms with Crippen LogP contribution in [0.2, 0.25) is 0 Å². The highest BCUT2D eigenvalue weighted by atomic mass is 15.2. The van der Waals surface area contributed by atoms with Gasteiger partial charge in [-0.15, -0.1) is 0 Å². The van der Waals surface area contributed by atoms with E-state index in [-0.39, 0.29) is 0 Å². The van der Waals surface area contributed by atoms with Gasteiger partial charge in [-0.1, -0.05) is 0 Å². The van der Waals surface area contributed by atoms with E-state index >= 15 is 0 Å². The normalized spacial score (nSPS) is 55.4. The summed E-state index contributed by atoms with van der Waals surface area (Å²) in [5.41, 5.74) is 0.854. The molecule has 3 atom stereocenters. The van der Waals surface area contributed by atoms with Crippen molar-refractivity contribution in [1.29, 1.82) is 0 Å². The van der Waals surface area contributed by atoms with Crippen LogP contribution in [0.15, 0.2) is 0 Å². The Bertz CT molecular complexity index is 185. The predicted molar refractivity (Wildman–Crippen MR) is 45.4 cm³/mol. The van der Waals surface area contributed by atoms with Crippen molar-refractivity contribution in [2.45, 2.75) is 38.1 Å². The maximum Gasteiger partial charge on any atom is 0.0151 e. The Morgan fingerprint density at radius 3 is 2.45 bits per heavy atom. The van der Waals surface area contributed by atoms with Crippen molar-refractivity contribution in [1.82, 2.24) is 4.90 Å². The van der Waals surface area contributed by atoms with E-state index in [1.165, 1.54) is 19.4 Å². The van der Waals surface area contributed by atoms with E-state index in [9.17, 15) is 0 Å². The van der Waals surface area contributed by atoms with Gasteiger partial charge in [0.1, 0.15) is 0 Å². The van der Waals surface area contributed by atoms with Crippen LogP contribution in [-0.4, -0.2) is 24.5 Å². The highest BCUT2D eigenvalue weighted by molar-refractivity contribution is 5.12. The van der Waals surface area contributed by atoms with Crippen molar-refractivity contribution >= 4 is 0 Å². The molecule has 1 aliphatic heterocycles. The minimum atomic E-state index is 0.854. The molecule has 0 aromatic carbocycles. The molecule has 3 rings (SSSR count). The summed E-state index contributed by atoms with van der Waals surface area (Å²) in [7, 11) is 2.32. The van der Waals surface area contributed by atoms with Crippen LogP contribution in [0.3, 0.4) is 0 Å². The molecule has 0 radical (unpaired) electrons. The smallest absolute Gasteiger partial charge is 0.0151 e. The zero-order valence-electron chi connectivity index (χ0n) is 7.34. The van der Waals surface area contributed by atoms with E-state index in [0.29, 0.717) is 0 Å². The number of hydrogen-bond acceptors (Lipinski definition) is 1. The Kier molecular flexibility index (Phi) is 1.07. The van der Waals surface area contributed by atoms with Gasteiger partial charge >= 0.3 is 0 Å². The van der Waals surface area contributed by atoms with Crippen molar-refractivity contribution in [3.05, 3.63) is 0 Å². The van der Waals surface area contributed by atoms with Gasteiger partial charge in [0, 0.05) is 6.04 Å². The molecule has 62 valence electrons. The van der Waals surface area contributed by atoms with Crippen LogP contribution < -0.4 is 0 Å². The minimum Gasteiger partial charge on any atom is -0.303 e. The van der Waals surface area contributed by atoms with Gasteiger partial charge in [0.25, 0.3) is 0 Å². The van der Waals surface area contributed by atoms with Gasteiger partial charge in [-0.3, -0.25) is 0 Å². The zero-order chi connectivity index (χ0) is 7.47. The Balaban J connectivity index is 1.88. The molecule has 11 heavy (non-hydrogen) atoms. The number of nitrogens with zero attached hydrogens (tertiary/aromatic N) is 1. The standard InChI is InChI=1S/C10H17N/c1-11-7-4-8-2-5-10(8)6-3-9(10)11/h8-9H,2-7H2,1H3. The van der Waals surface area contributed by atoms with Crippen LogP contribution >= 0.6 is 0 Å². The van der Waals surface area contributed by atoms with Gasteiger partial charge in [0.2, 0.25) is 0 Å². The summed E-state index contributed by atoms with van der Waals surface area (Å²) >= 11 is 0. The molecule has 1 heteroatoms. The number of rotatable bonds is 0. The second-order valence-corrected chi connectivity index (χ2v) is 4.79. The van der Waals surface area contributed by atoms with E-state index in [0.717, 1.165) is 17.4 Å². The van der Waals surface area contributed by atoms with Crippen LogP contribution in [0.5, 0.6) is 0 Å². The summed E-state index contributed by atoms with van der Waals surface area (Å²) in [5.74, 6) is 1.14. The van der Waals surface area contributed by atoms with Gasteiger partial charge in [0.15, 0.2) is 0 Å². The maximum absolute atomic E-state index is 2.61. The quantitative estimate of drug-likeness (QED) is 0.511. The Labute approximate surface area is 68.8 Å². The van der Waals surface area contributed by atoms with E-state index in [1.54, 1.807) is 19.3 Å². The molecular weight excluding hydrogens is 134 g/mol. The fourth-order valence-electron chi connectivity index (χ4n) is 3.74. The highest BCUT2D eigenvalue weighted by Crippen LogP contribution is 2.64. The lowest BCUT2D eigenvalue weighted by atomic mass is 9.45. The lowest BCUT2D eigenvalue weighted by Crippen LogP contribution is -2.65. The summed E-state index contributed by atoms with van der Waals surface area (Å²) in [4.78, 5) is 2.61. The molecule has 0 aromatic rings. The lowest BCUT2D eigenvalue weighted by molar-refractivity contribution is -0.161. The number of piperidine rings is 1. The van der Waals surface area contributed by atoms with Crippen molar-refractivity contribution in [3.8, 4) is 0 Å². The average molecular weight is 151 g/mol. The van der Waals surface area contributed by atoms with Gasteiger partial charge in [-0.25, -0.2) is 0 Å². The zero-order valence-corrected chi connectivity index (χ0v) is 7.34. The van der Waals surface area contributed by atoms with Crippen molar-refractivity contribution in [3.63, 3.8) is 0 Å². The summed E-state index contributed by atoms with van der Waals surface area (Å²) in [5, 5.41) is 0. The molecule has 2 saturated carbocycles. The topological polar surface area (TPSA) is 3.24 Å². The number of likely N-dealkylation sites (tertiary alicyclic amines) is 1. The first-order chi connectivity index (χ1) is 5.33. The van der Waals surface area contributed by atoms with Gasteiger partial charge in [0.05, 0.1) is 0 Å². The molecule has 3 aliphatic rings. The first-order valence-electron chi connectivity index (χ1n) is 5.03. The number of hydrogen-bond donors (Lipinski definition) is 0. The molecule has 2 aliphatic carbocycles. The Morgan fingerprint density at radius 2 is 2.00 bits per heavy atom. The maximum atomic E-state index is 2.61. The molecule has 0 bridgehead atoms. The first-order valence-corrected chi connectivity index (χ1v) is 5.03. The molecule has 1 heterocycles. The second-order valence-electron chi connectivity index (χ2n) is 4.79. The molecule has 0 amide bonds. The average Bonchev–Trinajstić information content (AvgIpc) is 1.80.